The summed E-state index contributed by atoms with van der Waals surface area (Å²) in [5.74, 6) is 0. The molecule has 0 aromatic heterocycles. The number of hydrogen-bond donors (Lipinski definition) is 0. The van der Waals surface area contributed by atoms with Crippen molar-refractivity contribution in [2.24, 2.45) is 0 Å². The van der Waals surface area contributed by atoms with E-state index in [9.17, 15) is 0 Å². The van der Waals surface area contributed by atoms with Gasteiger partial charge in [-0.05, 0) is 0 Å². The van der Waals surface area contributed by atoms with E-state index in [0.29, 0.717) is 0 Å². The van der Waals surface area contributed by atoms with Crippen molar-refractivity contribution >= 4 is 53.8 Å². The molecule has 0 saturated heterocycles. The molecular weight excluding hydrogens is 785 g/mol. The van der Waals surface area contributed by atoms with E-state index < -0.39 is 5.31 Å². The van der Waals surface area contributed by atoms with Gasteiger partial charge in [-0.2, -0.15) is 0 Å². The molecule has 58 heavy (non-hydrogen) atoms. The molecule has 0 unspecified atom stereocenters. The molecule has 3 heteroatoms. The summed E-state index contributed by atoms with van der Waals surface area (Å²) in [5, 5.41) is 0.775. The van der Waals surface area contributed by atoms with Crippen LogP contribution in [0, 0.1) is 0 Å². The van der Waals surface area contributed by atoms with Crippen LogP contribution >= 0.6 is 20.8 Å². The van der Waals surface area contributed by atoms with Gasteiger partial charge in [-0.15, -0.1) is 0 Å². The van der Waals surface area contributed by atoms with Gasteiger partial charge < -0.3 is 0 Å². The fourth-order valence-electron chi connectivity index (χ4n) is 10.1. The van der Waals surface area contributed by atoms with Crippen LogP contribution in [0.1, 0.15) is 55.5 Å². The molecule has 0 amide bonds. The van der Waals surface area contributed by atoms with E-state index in [1.54, 1.807) is 0 Å². The van der Waals surface area contributed by atoms with E-state index in [4.69, 9.17) is 15.5 Å². The fraction of sp³-hybridized carbons (Fsp3) is 0.127. The standard InChI is InChI=1S/C55H47BrNP/c1-54(2)50-26-16-14-24-46(50)48-34-32-41(36-52(48)54)57(42-33-35-49-47-25-15-17-27-51(47)55(3,4)53(49)37-42)40-30-28-39(29-31-40)38-58(56,43-18-8-5-9-19-43,44-20-10-6-11-21-44)45-22-12-7-13-23-45/h5-37H,38H2,1-4H3. The number of anilines is 3. The quantitative estimate of drug-likeness (QED) is 0.138. The molecule has 284 valence electrons. The van der Waals surface area contributed by atoms with Gasteiger partial charge in [-0.25, -0.2) is 0 Å². The monoisotopic (exact) mass is 831 g/mol. The van der Waals surface area contributed by atoms with Crippen molar-refractivity contribution in [1.82, 2.24) is 0 Å². The molecule has 2 aliphatic carbocycles. The van der Waals surface area contributed by atoms with Crippen LogP contribution in [-0.2, 0) is 17.0 Å². The van der Waals surface area contributed by atoms with Crippen molar-refractivity contribution in [3.63, 3.8) is 0 Å². The molecular formula is C55H47BrNP. The van der Waals surface area contributed by atoms with E-state index in [-0.39, 0.29) is 10.8 Å². The fourth-order valence-corrected chi connectivity index (χ4v) is 17.9. The normalized spacial score (nSPS) is 15.0. The molecule has 10 rings (SSSR count). The van der Waals surface area contributed by atoms with Crippen LogP contribution in [0.25, 0.3) is 22.3 Å². The summed E-state index contributed by atoms with van der Waals surface area (Å²) in [4.78, 5) is 2.47. The first kappa shape index (κ1) is 36.8. The van der Waals surface area contributed by atoms with E-state index in [1.807, 2.05) is 0 Å². The zero-order valence-electron chi connectivity index (χ0n) is 33.5. The van der Waals surface area contributed by atoms with Crippen molar-refractivity contribution in [2.45, 2.75) is 44.7 Å². The predicted octanol–water partition coefficient (Wildman–Crippen LogP) is 14.1. The van der Waals surface area contributed by atoms with Gasteiger partial charge in [0, 0.05) is 0 Å². The summed E-state index contributed by atoms with van der Waals surface area (Å²) in [7, 11) is 0. The van der Waals surface area contributed by atoms with Crippen molar-refractivity contribution in [2.75, 3.05) is 4.90 Å². The molecule has 0 saturated carbocycles. The average molecular weight is 833 g/mol. The third-order valence-electron chi connectivity index (χ3n) is 13.2. The van der Waals surface area contributed by atoms with E-state index in [1.165, 1.54) is 77.4 Å². The molecule has 0 heterocycles. The van der Waals surface area contributed by atoms with E-state index >= 15 is 0 Å². The Hall–Kier alpha value is -5.53. The summed E-state index contributed by atoms with van der Waals surface area (Å²) in [6, 6.07) is 74.7. The Labute approximate surface area is 351 Å². The van der Waals surface area contributed by atoms with Crippen LogP contribution in [-0.4, -0.2) is 0 Å². The molecule has 0 N–H and O–H groups in total. The van der Waals surface area contributed by atoms with Gasteiger partial charge in [-0.1, -0.05) is 24.3 Å². The zero-order chi connectivity index (χ0) is 39.7. The van der Waals surface area contributed by atoms with Crippen molar-refractivity contribution in [1.29, 1.82) is 0 Å². The van der Waals surface area contributed by atoms with Crippen molar-refractivity contribution in [3.8, 4) is 22.3 Å². The third kappa shape index (κ3) is 5.46. The third-order valence-corrected chi connectivity index (χ3v) is 22.7. The Balaban J connectivity index is 1.13. The molecule has 0 fully saturated rings. The molecule has 2 aliphatic rings. The summed E-state index contributed by atoms with van der Waals surface area (Å²) < 4.78 is 0. The van der Waals surface area contributed by atoms with E-state index in [2.05, 4.69) is 233 Å². The average Bonchev–Trinajstić information content (AvgIpc) is 3.64. The molecule has 0 radical (unpaired) electrons. The number of nitrogens with zero attached hydrogens (tertiary/aromatic N) is 1. The van der Waals surface area contributed by atoms with Crippen molar-refractivity contribution in [3.05, 3.63) is 228 Å². The Morgan fingerprint density at radius 1 is 0.379 bits per heavy atom. The molecule has 8 aromatic carbocycles. The predicted molar refractivity (Wildman–Crippen MR) is 254 cm³/mol. The minimum atomic E-state index is -3.18. The van der Waals surface area contributed by atoms with Crippen LogP contribution in [0.4, 0.5) is 17.1 Å². The topological polar surface area (TPSA) is 3.24 Å². The van der Waals surface area contributed by atoms with Gasteiger partial charge in [0.2, 0.25) is 0 Å². The summed E-state index contributed by atoms with van der Waals surface area (Å²) in [6.07, 6.45) is 0.834. The zero-order valence-corrected chi connectivity index (χ0v) is 36.0. The second kappa shape index (κ2) is 13.5. The summed E-state index contributed by atoms with van der Waals surface area (Å²) >= 11 is 4.70. The van der Waals surface area contributed by atoms with Gasteiger partial charge in [0.05, 0.1) is 0 Å². The Bertz CT molecular complexity index is 2620. The molecule has 0 atom stereocenters. The van der Waals surface area contributed by atoms with Gasteiger partial charge in [0.1, 0.15) is 0 Å². The summed E-state index contributed by atoms with van der Waals surface area (Å²) in [5.41, 5.74) is 15.4. The number of halogens is 1. The molecule has 0 spiro atoms. The maximum absolute atomic E-state index is 4.70. The van der Waals surface area contributed by atoms with Crippen molar-refractivity contribution < 1.29 is 0 Å². The second-order valence-corrected chi connectivity index (χ2v) is 26.1. The Kier molecular flexibility index (Phi) is 8.58. The number of rotatable bonds is 8. The van der Waals surface area contributed by atoms with Crippen LogP contribution in [0.3, 0.4) is 0 Å². The molecule has 0 bridgehead atoms. The number of fused-ring (bicyclic) bond motifs is 6. The second-order valence-electron chi connectivity index (χ2n) is 17.2. The summed E-state index contributed by atoms with van der Waals surface area (Å²) in [6.45, 7) is 9.48. The van der Waals surface area contributed by atoms with Gasteiger partial charge in [-0.3, -0.25) is 0 Å². The van der Waals surface area contributed by atoms with Gasteiger partial charge in [0.15, 0.2) is 0 Å². The van der Waals surface area contributed by atoms with Gasteiger partial charge >= 0.3 is 329 Å². The van der Waals surface area contributed by atoms with Crippen LogP contribution < -0.4 is 20.8 Å². The Morgan fingerprint density at radius 2 is 0.724 bits per heavy atom. The molecule has 1 nitrogen and oxygen atoms in total. The SMILES string of the molecule is CC1(C)c2ccccc2-c2ccc(N(c3ccc(CP(Br)(c4ccccc4)(c4ccccc4)c4ccccc4)cc3)c3ccc4c(c3)C(C)(C)c3ccccc3-4)cc21. The van der Waals surface area contributed by atoms with Crippen LogP contribution in [0.15, 0.2) is 200 Å². The first-order chi connectivity index (χ1) is 28.1. The molecule has 8 aromatic rings. The van der Waals surface area contributed by atoms with Crippen LogP contribution in [0.5, 0.6) is 0 Å². The number of hydrogen-bond acceptors (Lipinski definition) is 1. The van der Waals surface area contributed by atoms with E-state index in [0.717, 1.165) is 11.8 Å². The number of benzene rings is 8. The first-order valence-corrected chi connectivity index (χ1v) is 24.8. The first-order valence-electron chi connectivity index (χ1n) is 20.4. The maximum atomic E-state index is 4.70. The molecule has 0 aliphatic heterocycles. The van der Waals surface area contributed by atoms with Gasteiger partial charge in [0.25, 0.3) is 0 Å². The minimum absolute atomic E-state index is 0.108. The van der Waals surface area contributed by atoms with Crippen LogP contribution in [0.2, 0.25) is 0 Å². The Morgan fingerprint density at radius 3 is 1.14 bits per heavy atom.